The molecular formula is C12H10FIO. The van der Waals surface area contributed by atoms with Crippen LogP contribution in [0.3, 0.4) is 0 Å². The van der Waals surface area contributed by atoms with Crippen LogP contribution in [0.25, 0.3) is 10.8 Å². The van der Waals surface area contributed by atoms with Crippen LogP contribution in [-0.2, 0) is 0 Å². The van der Waals surface area contributed by atoms with Gasteiger partial charge >= 0.3 is 0 Å². The number of rotatable bonds is 3. The van der Waals surface area contributed by atoms with Gasteiger partial charge in [-0.1, -0.05) is 24.3 Å². The van der Waals surface area contributed by atoms with Gasteiger partial charge in [-0.15, -0.1) is 0 Å². The van der Waals surface area contributed by atoms with Gasteiger partial charge < -0.3 is 4.74 Å². The van der Waals surface area contributed by atoms with Crippen LogP contribution in [0, 0.1) is 3.57 Å². The number of benzene rings is 2. The molecule has 0 radical (unpaired) electrons. The molecule has 0 N–H and O–H groups in total. The lowest BCUT2D eigenvalue weighted by atomic mass is 10.1. The molecule has 0 saturated carbocycles. The fourth-order valence-corrected chi connectivity index (χ4v) is 2.16. The number of halogens is 2. The second kappa shape index (κ2) is 4.79. The smallest absolute Gasteiger partial charge is 0.127 e. The third-order valence-electron chi connectivity index (χ3n) is 2.17. The van der Waals surface area contributed by atoms with E-state index in [1.807, 2.05) is 36.4 Å². The zero-order chi connectivity index (χ0) is 10.7. The molecule has 2 rings (SSSR count). The van der Waals surface area contributed by atoms with Crippen molar-refractivity contribution in [1.82, 2.24) is 0 Å². The number of alkyl halides is 1. The Kier molecular flexibility index (Phi) is 3.41. The van der Waals surface area contributed by atoms with Gasteiger partial charge in [0, 0.05) is 8.96 Å². The average Bonchev–Trinajstić information content (AvgIpc) is 2.29. The molecule has 0 spiro atoms. The SMILES string of the molecule is FCCOc1ccc(I)c2ccccc12. The highest BCUT2D eigenvalue weighted by molar-refractivity contribution is 14.1. The lowest BCUT2D eigenvalue weighted by Crippen LogP contribution is -1.99. The minimum absolute atomic E-state index is 0.116. The van der Waals surface area contributed by atoms with E-state index in [1.165, 1.54) is 3.57 Å². The van der Waals surface area contributed by atoms with Gasteiger partial charge in [0.05, 0.1) is 0 Å². The first-order valence-electron chi connectivity index (χ1n) is 4.69. The predicted molar refractivity (Wildman–Crippen MR) is 68.1 cm³/mol. The van der Waals surface area contributed by atoms with E-state index in [4.69, 9.17) is 4.74 Å². The molecule has 0 fully saturated rings. The van der Waals surface area contributed by atoms with Gasteiger partial charge in [-0.25, -0.2) is 4.39 Å². The zero-order valence-corrected chi connectivity index (χ0v) is 10.2. The Morgan fingerprint density at radius 1 is 1.07 bits per heavy atom. The Bertz CT molecular complexity index is 470. The zero-order valence-electron chi connectivity index (χ0n) is 8.04. The van der Waals surface area contributed by atoms with E-state index in [2.05, 4.69) is 22.6 Å². The molecule has 0 atom stereocenters. The van der Waals surface area contributed by atoms with Gasteiger partial charge in [0.1, 0.15) is 19.0 Å². The minimum Gasteiger partial charge on any atom is -0.490 e. The molecule has 2 aromatic rings. The molecule has 0 amide bonds. The summed E-state index contributed by atoms with van der Waals surface area (Å²) in [7, 11) is 0. The van der Waals surface area contributed by atoms with Crippen LogP contribution in [0.4, 0.5) is 4.39 Å². The van der Waals surface area contributed by atoms with Crippen molar-refractivity contribution in [3.8, 4) is 5.75 Å². The second-order valence-electron chi connectivity index (χ2n) is 3.13. The Morgan fingerprint density at radius 2 is 1.80 bits per heavy atom. The van der Waals surface area contributed by atoms with Crippen LogP contribution < -0.4 is 4.74 Å². The van der Waals surface area contributed by atoms with Crippen LogP contribution in [0.2, 0.25) is 0 Å². The van der Waals surface area contributed by atoms with Crippen molar-refractivity contribution >= 4 is 33.4 Å². The summed E-state index contributed by atoms with van der Waals surface area (Å²) in [5, 5.41) is 2.19. The highest BCUT2D eigenvalue weighted by Crippen LogP contribution is 2.29. The van der Waals surface area contributed by atoms with Gasteiger partial charge in [-0.05, 0) is 40.1 Å². The van der Waals surface area contributed by atoms with Gasteiger partial charge in [-0.2, -0.15) is 0 Å². The van der Waals surface area contributed by atoms with Gasteiger partial charge in [0.2, 0.25) is 0 Å². The van der Waals surface area contributed by atoms with Crippen LogP contribution >= 0.6 is 22.6 Å². The molecule has 15 heavy (non-hydrogen) atoms. The molecule has 0 saturated heterocycles. The van der Waals surface area contributed by atoms with Crippen molar-refractivity contribution in [2.45, 2.75) is 0 Å². The summed E-state index contributed by atoms with van der Waals surface area (Å²) in [6.07, 6.45) is 0. The van der Waals surface area contributed by atoms with Crippen molar-refractivity contribution < 1.29 is 9.13 Å². The summed E-state index contributed by atoms with van der Waals surface area (Å²) in [5.74, 6) is 0.753. The van der Waals surface area contributed by atoms with Crippen LogP contribution in [0.15, 0.2) is 36.4 Å². The van der Waals surface area contributed by atoms with E-state index in [0.29, 0.717) is 0 Å². The molecule has 0 aliphatic heterocycles. The van der Waals surface area contributed by atoms with Crippen LogP contribution in [0.1, 0.15) is 0 Å². The van der Waals surface area contributed by atoms with Crippen LogP contribution in [-0.4, -0.2) is 13.3 Å². The molecule has 0 aliphatic carbocycles. The van der Waals surface area contributed by atoms with Crippen molar-refractivity contribution in [1.29, 1.82) is 0 Å². The molecule has 3 heteroatoms. The number of fused-ring (bicyclic) bond motifs is 1. The highest BCUT2D eigenvalue weighted by Gasteiger charge is 2.04. The lowest BCUT2D eigenvalue weighted by molar-refractivity contribution is 0.276. The third kappa shape index (κ3) is 2.22. The normalized spacial score (nSPS) is 10.5. The molecule has 2 aromatic carbocycles. The fourth-order valence-electron chi connectivity index (χ4n) is 1.51. The van der Waals surface area contributed by atoms with E-state index in [0.717, 1.165) is 16.5 Å². The summed E-state index contributed by atoms with van der Waals surface area (Å²) in [6, 6.07) is 11.9. The number of ether oxygens (including phenoxy) is 1. The lowest BCUT2D eigenvalue weighted by Gasteiger charge is -2.08. The van der Waals surface area contributed by atoms with Crippen molar-refractivity contribution in [2.75, 3.05) is 13.3 Å². The van der Waals surface area contributed by atoms with E-state index in [1.54, 1.807) is 0 Å². The molecule has 0 aromatic heterocycles. The first kappa shape index (κ1) is 10.7. The molecule has 0 heterocycles. The standard InChI is InChI=1S/C12H10FIO/c13-7-8-15-12-6-5-11(14)9-3-1-2-4-10(9)12/h1-6H,7-8H2. The first-order chi connectivity index (χ1) is 7.33. The first-order valence-corrected chi connectivity index (χ1v) is 5.77. The van der Waals surface area contributed by atoms with Crippen LogP contribution in [0.5, 0.6) is 5.75 Å². The monoisotopic (exact) mass is 316 g/mol. The largest absolute Gasteiger partial charge is 0.490 e. The molecule has 1 nitrogen and oxygen atoms in total. The van der Waals surface area contributed by atoms with E-state index >= 15 is 0 Å². The quantitative estimate of drug-likeness (QED) is 0.783. The van der Waals surface area contributed by atoms with E-state index in [-0.39, 0.29) is 6.61 Å². The summed E-state index contributed by atoms with van der Waals surface area (Å²) >= 11 is 2.28. The van der Waals surface area contributed by atoms with Crippen molar-refractivity contribution in [2.24, 2.45) is 0 Å². The topological polar surface area (TPSA) is 9.23 Å². The summed E-state index contributed by atoms with van der Waals surface area (Å²) < 4.78 is 18.6. The maximum atomic E-state index is 12.0. The van der Waals surface area contributed by atoms with Crippen molar-refractivity contribution in [3.05, 3.63) is 40.0 Å². The summed E-state index contributed by atoms with van der Waals surface area (Å²) in [5.41, 5.74) is 0. The Balaban J connectivity index is 2.51. The maximum absolute atomic E-state index is 12.0. The molecule has 78 valence electrons. The molecular weight excluding hydrogens is 306 g/mol. The molecule has 0 unspecified atom stereocenters. The maximum Gasteiger partial charge on any atom is 0.127 e. The minimum atomic E-state index is -0.458. The third-order valence-corrected chi connectivity index (χ3v) is 3.11. The fraction of sp³-hybridized carbons (Fsp3) is 0.167. The highest BCUT2D eigenvalue weighted by atomic mass is 127. The van der Waals surface area contributed by atoms with Gasteiger partial charge in [-0.3, -0.25) is 0 Å². The van der Waals surface area contributed by atoms with E-state index < -0.39 is 6.67 Å². The van der Waals surface area contributed by atoms with Crippen molar-refractivity contribution in [3.63, 3.8) is 0 Å². The van der Waals surface area contributed by atoms with Gasteiger partial charge in [0.15, 0.2) is 0 Å². The Hall–Kier alpha value is -0.840. The predicted octanol–water partition coefficient (Wildman–Crippen LogP) is 3.79. The Labute approximate surface area is 101 Å². The average molecular weight is 316 g/mol. The molecule has 0 aliphatic rings. The van der Waals surface area contributed by atoms with E-state index in [9.17, 15) is 4.39 Å². The molecule has 0 bridgehead atoms. The van der Waals surface area contributed by atoms with Gasteiger partial charge in [0.25, 0.3) is 0 Å². The number of hydrogen-bond donors (Lipinski definition) is 0. The number of hydrogen-bond acceptors (Lipinski definition) is 1. The summed E-state index contributed by atoms with van der Waals surface area (Å²) in [4.78, 5) is 0. The summed E-state index contributed by atoms with van der Waals surface area (Å²) in [6.45, 7) is -0.342. The second-order valence-corrected chi connectivity index (χ2v) is 4.29. The Morgan fingerprint density at radius 3 is 2.53 bits per heavy atom.